The minimum absolute atomic E-state index is 0.0271. The molecule has 3 N–H and O–H groups in total. The lowest BCUT2D eigenvalue weighted by atomic mass is 9.74. The van der Waals surface area contributed by atoms with Crippen LogP contribution < -0.4 is 10.6 Å². The van der Waals surface area contributed by atoms with Crippen molar-refractivity contribution in [1.82, 2.24) is 10.6 Å². The van der Waals surface area contributed by atoms with Gasteiger partial charge in [-0.2, -0.15) is 0 Å². The van der Waals surface area contributed by atoms with Gasteiger partial charge in [0.2, 0.25) is 0 Å². The largest absolute Gasteiger partial charge is 0.481 e. The second-order valence-electron chi connectivity index (χ2n) is 6.57. The first-order valence-electron chi connectivity index (χ1n) is 7.77. The molecule has 0 aliphatic heterocycles. The highest BCUT2D eigenvalue weighted by Gasteiger charge is 2.41. The molecule has 2 fully saturated rings. The van der Waals surface area contributed by atoms with E-state index in [0.29, 0.717) is 6.54 Å². The molecule has 2 saturated carbocycles. The molecule has 5 nitrogen and oxygen atoms in total. The number of carbonyl (C=O) groups excluding carboxylic acids is 1. The Morgan fingerprint density at radius 2 is 1.75 bits per heavy atom. The van der Waals surface area contributed by atoms with Gasteiger partial charge in [0.25, 0.3) is 0 Å². The summed E-state index contributed by atoms with van der Waals surface area (Å²) < 4.78 is 0. The molecule has 5 heteroatoms. The lowest BCUT2D eigenvalue weighted by molar-refractivity contribution is -0.139. The number of carboxylic acids is 1. The van der Waals surface area contributed by atoms with Gasteiger partial charge in [0.05, 0.1) is 12.0 Å². The summed E-state index contributed by atoms with van der Waals surface area (Å²) >= 11 is 0. The van der Waals surface area contributed by atoms with Crippen LogP contribution in [-0.4, -0.2) is 29.2 Å². The number of hydrogen-bond acceptors (Lipinski definition) is 2. The molecule has 0 radical (unpaired) electrons. The van der Waals surface area contributed by atoms with E-state index in [0.717, 1.165) is 25.7 Å². The summed E-state index contributed by atoms with van der Waals surface area (Å²) in [5, 5.41) is 14.8. The highest BCUT2D eigenvalue weighted by atomic mass is 16.4. The van der Waals surface area contributed by atoms with E-state index in [1.54, 1.807) is 0 Å². The van der Waals surface area contributed by atoms with Crippen LogP contribution in [-0.2, 0) is 4.79 Å². The predicted octanol–water partition coefficient (Wildman–Crippen LogP) is 2.65. The zero-order valence-electron chi connectivity index (χ0n) is 12.3. The fraction of sp³-hybridized carbons (Fsp3) is 0.867. The van der Waals surface area contributed by atoms with Gasteiger partial charge in [-0.3, -0.25) is 4.79 Å². The minimum Gasteiger partial charge on any atom is -0.481 e. The third-order valence-electron chi connectivity index (χ3n) is 5.22. The summed E-state index contributed by atoms with van der Waals surface area (Å²) in [5.74, 6) is -0.842. The van der Waals surface area contributed by atoms with E-state index in [9.17, 15) is 9.59 Å². The van der Waals surface area contributed by atoms with Crippen LogP contribution in [0.1, 0.15) is 64.7 Å². The molecular weight excluding hydrogens is 256 g/mol. The van der Waals surface area contributed by atoms with Gasteiger partial charge in [-0.25, -0.2) is 4.79 Å². The number of aliphatic carboxylic acids is 1. The predicted molar refractivity (Wildman–Crippen MR) is 76.6 cm³/mol. The van der Waals surface area contributed by atoms with Crippen LogP contribution in [0, 0.1) is 5.41 Å². The Kier molecular flexibility index (Phi) is 4.55. The molecule has 2 rings (SSSR count). The van der Waals surface area contributed by atoms with Gasteiger partial charge in [-0.05, 0) is 43.9 Å². The van der Waals surface area contributed by atoms with E-state index in [1.165, 1.54) is 25.7 Å². The van der Waals surface area contributed by atoms with Gasteiger partial charge in [0, 0.05) is 6.54 Å². The van der Waals surface area contributed by atoms with Crippen molar-refractivity contribution in [2.24, 2.45) is 5.41 Å². The molecule has 0 atom stereocenters. The topological polar surface area (TPSA) is 78.4 Å². The molecule has 0 saturated heterocycles. The molecule has 2 aliphatic rings. The lowest BCUT2D eigenvalue weighted by Crippen LogP contribution is -2.58. The van der Waals surface area contributed by atoms with Crippen molar-refractivity contribution in [3.8, 4) is 0 Å². The molecular formula is C15H26N2O3. The van der Waals surface area contributed by atoms with Crippen LogP contribution in [0.15, 0.2) is 0 Å². The second-order valence-corrected chi connectivity index (χ2v) is 6.57. The minimum atomic E-state index is -0.842. The maximum Gasteiger partial charge on any atom is 0.315 e. The lowest BCUT2D eigenvalue weighted by Gasteiger charge is -2.41. The quantitative estimate of drug-likeness (QED) is 0.700. The smallest absolute Gasteiger partial charge is 0.315 e. The van der Waals surface area contributed by atoms with Crippen molar-refractivity contribution in [2.45, 2.75) is 70.3 Å². The number of urea groups is 1. The summed E-state index contributed by atoms with van der Waals surface area (Å²) in [5.41, 5.74) is -0.248. The molecule has 0 aromatic heterocycles. The summed E-state index contributed by atoms with van der Waals surface area (Å²) in [6, 6.07) is -0.203. The SMILES string of the molecule is CCC1(CNC(=O)NC2(CC(=O)O)CCC2)CCCC1. The number of nitrogens with one attached hydrogen (secondary N) is 2. The summed E-state index contributed by atoms with van der Waals surface area (Å²) in [6.45, 7) is 2.89. The summed E-state index contributed by atoms with van der Waals surface area (Å²) in [6.07, 6.45) is 8.52. The van der Waals surface area contributed by atoms with E-state index in [1.807, 2.05) is 0 Å². The van der Waals surface area contributed by atoms with Gasteiger partial charge < -0.3 is 15.7 Å². The summed E-state index contributed by atoms with van der Waals surface area (Å²) in [4.78, 5) is 22.9. The van der Waals surface area contributed by atoms with Crippen LogP contribution >= 0.6 is 0 Å². The first-order chi connectivity index (χ1) is 9.49. The number of amides is 2. The van der Waals surface area contributed by atoms with E-state index in [2.05, 4.69) is 17.6 Å². The number of hydrogen-bond donors (Lipinski definition) is 3. The highest BCUT2D eigenvalue weighted by Crippen LogP contribution is 2.40. The molecule has 0 aromatic rings. The normalized spacial score (nSPS) is 22.9. The monoisotopic (exact) mass is 282 g/mol. The molecule has 2 amide bonds. The van der Waals surface area contributed by atoms with E-state index in [-0.39, 0.29) is 17.9 Å². The van der Waals surface area contributed by atoms with E-state index in [4.69, 9.17) is 5.11 Å². The third-order valence-corrected chi connectivity index (χ3v) is 5.22. The van der Waals surface area contributed by atoms with Crippen LogP contribution in [0.2, 0.25) is 0 Å². The van der Waals surface area contributed by atoms with Crippen molar-refractivity contribution >= 4 is 12.0 Å². The van der Waals surface area contributed by atoms with Crippen molar-refractivity contribution in [2.75, 3.05) is 6.54 Å². The Bertz CT molecular complexity index is 371. The number of rotatable bonds is 6. The van der Waals surface area contributed by atoms with E-state index >= 15 is 0 Å². The van der Waals surface area contributed by atoms with Crippen LogP contribution in [0.5, 0.6) is 0 Å². The molecule has 0 bridgehead atoms. The molecule has 0 aromatic carbocycles. The second kappa shape index (κ2) is 6.02. The Morgan fingerprint density at radius 3 is 2.20 bits per heavy atom. The first-order valence-corrected chi connectivity index (χ1v) is 7.77. The van der Waals surface area contributed by atoms with Crippen molar-refractivity contribution in [1.29, 1.82) is 0 Å². The molecule has 20 heavy (non-hydrogen) atoms. The maximum atomic E-state index is 12.0. The fourth-order valence-corrected chi connectivity index (χ4v) is 3.57. The maximum absolute atomic E-state index is 12.0. The van der Waals surface area contributed by atoms with Crippen molar-refractivity contribution in [3.05, 3.63) is 0 Å². The molecule has 0 unspecified atom stereocenters. The fourth-order valence-electron chi connectivity index (χ4n) is 3.57. The highest BCUT2D eigenvalue weighted by molar-refractivity contribution is 5.77. The molecule has 114 valence electrons. The van der Waals surface area contributed by atoms with Gasteiger partial charge in [-0.1, -0.05) is 19.8 Å². The number of carboxylic acid groups (broad SMARTS) is 1. The Balaban J connectivity index is 1.81. The van der Waals surface area contributed by atoms with Crippen LogP contribution in [0.4, 0.5) is 4.79 Å². The Morgan fingerprint density at radius 1 is 1.10 bits per heavy atom. The average Bonchev–Trinajstić information content (AvgIpc) is 2.82. The Hall–Kier alpha value is -1.26. The summed E-state index contributed by atoms with van der Waals surface area (Å²) in [7, 11) is 0. The zero-order valence-corrected chi connectivity index (χ0v) is 12.3. The van der Waals surface area contributed by atoms with Crippen molar-refractivity contribution in [3.63, 3.8) is 0 Å². The number of carbonyl (C=O) groups is 2. The molecule has 0 spiro atoms. The van der Waals surface area contributed by atoms with Gasteiger partial charge in [-0.15, -0.1) is 0 Å². The van der Waals surface area contributed by atoms with Gasteiger partial charge >= 0.3 is 12.0 Å². The first kappa shape index (κ1) is 15.1. The van der Waals surface area contributed by atoms with Gasteiger partial charge in [0.1, 0.15) is 0 Å². The van der Waals surface area contributed by atoms with Crippen LogP contribution in [0.3, 0.4) is 0 Å². The average molecular weight is 282 g/mol. The van der Waals surface area contributed by atoms with Crippen molar-refractivity contribution < 1.29 is 14.7 Å². The molecule has 2 aliphatic carbocycles. The van der Waals surface area contributed by atoms with E-state index < -0.39 is 11.5 Å². The molecule has 0 heterocycles. The zero-order chi connectivity index (χ0) is 14.6. The third kappa shape index (κ3) is 3.44. The van der Waals surface area contributed by atoms with Gasteiger partial charge in [0.15, 0.2) is 0 Å². The Labute approximate surface area is 120 Å². The van der Waals surface area contributed by atoms with Crippen LogP contribution in [0.25, 0.3) is 0 Å². The standard InChI is InChI=1S/C15H26N2O3/c1-2-14(6-3-4-7-14)11-16-13(20)17-15(8-5-9-15)10-12(18)19/h2-11H2,1H3,(H,18,19)(H2,16,17,20).